The average molecular weight is 284 g/mol. The van der Waals surface area contributed by atoms with Crippen LogP contribution < -0.4 is 0 Å². The van der Waals surface area contributed by atoms with Crippen LogP contribution >= 0.6 is 14.3 Å². The second-order valence-corrected chi connectivity index (χ2v) is 13.0. The Balaban J connectivity index is 2.35. The van der Waals surface area contributed by atoms with Crippen molar-refractivity contribution in [3.63, 3.8) is 0 Å². The van der Waals surface area contributed by atoms with E-state index in [1.54, 1.807) is 0 Å². The summed E-state index contributed by atoms with van der Waals surface area (Å²) in [4.78, 5) is 0. The van der Waals surface area contributed by atoms with Crippen molar-refractivity contribution in [1.82, 2.24) is 0 Å². The van der Waals surface area contributed by atoms with Crippen molar-refractivity contribution in [3.05, 3.63) is 22.5 Å². The second-order valence-electron chi connectivity index (χ2n) is 6.87. The third-order valence-electron chi connectivity index (χ3n) is 5.87. The molecular formula is C14H22O2P2. The molecule has 1 saturated heterocycles. The van der Waals surface area contributed by atoms with Gasteiger partial charge in [0.2, 0.25) is 0 Å². The summed E-state index contributed by atoms with van der Waals surface area (Å²) in [6.45, 7) is 12.3. The van der Waals surface area contributed by atoms with Crippen molar-refractivity contribution in [3.8, 4) is 0 Å². The largest absolute Gasteiger partial charge is 0.323 e. The maximum absolute atomic E-state index is 13.2. The van der Waals surface area contributed by atoms with E-state index in [2.05, 4.69) is 27.7 Å². The summed E-state index contributed by atoms with van der Waals surface area (Å²) in [5.74, 6) is 2.00. The van der Waals surface area contributed by atoms with Crippen LogP contribution in [0.1, 0.15) is 27.7 Å². The zero-order valence-corrected chi connectivity index (χ0v) is 13.8. The lowest BCUT2D eigenvalue weighted by molar-refractivity contribution is 0.390. The summed E-state index contributed by atoms with van der Waals surface area (Å²) in [5.41, 5.74) is 3.94. The summed E-state index contributed by atoms with van der Waals surface area (Å²) in [7, 11) is -4.60. The summed E-state index contributed by atoms with van der Waals surface area (Å²) in [5, 5.41) is 0. The normalized spacial score (nSPS) is 58.1. The predicted molar refractivity (Wildman–Crippen MR) is 78.7 cm³/mol. The lowest BCUT2D eigenvalue weighted by Gasteiger charge is -2.38. The van der Waals surface area contributed by atoms with E-state index in [4.69, 9.17) is 0 Å². The number of allylic oxidation sites excluding steroid dienone is 3. The van der Waals surface area contributed by atoms with E-state index in [0.717, 1.165) is 0 Å². The third kappa shape index (κ3) is 1.10. The highest BCUT2D eigenvalue weighted by atomic mass is 31.2. The molecule has 0 aromatic carbocycles. The molecule has 0 N–H and O–H groups in total. The SMILES string of the molecule is CC1=CP(C)(=O)C2C3C(C)=C(C)C(C12C)P3(C)=O. The van der Waals surface area contributed by atoms with Gasteiger partial charge in [-0.2, -0.15) is 0 Å². The first-order chi connectivity index (χ1) is 8.06. The Hall–Kier alpha value is -0.0600. The molecule has 0 amide bonds. The van der Waals surface area contributed by atoms with Gasteiger partial charge < -0.3 is 9.13 Å². The number of fused-ring (bicyclic) bond motifs is 5. The lowest BCUT2D eigenvalue weighted by Crippen LogP contribution is -2.40. The smallest absolute Gasteiger partial charge is 0.110 e. The van der Waals surface area contributed by atoms with Gasteiger partial charge >= 0.3 is 0 Å². The fourth-order valence-corrected chi connectivity index (χ4v) is 14.9. The molecule has 3 aliphatic heterocycles. The highest BCUT2D eigenvalue weighted by Crippen LogP contribution is 2.85. The molecule has 3 aliphatic rings. The molecule has 6 unspecified atom stereocenters. The van der Waals surface area contributed by atoms with Gasteiger partial charge in [0.25, 0.3) is 0 Å². The molecule has 0 aromatic rings. The fraction of sp³-hybridized carbons (Fsp3) is 0.714. The molecule has 0 saturated carbocycles. The van der Waals surface area contributed by atoms with Crippen LogP contribution in [0.2, 0.25) is 0 Å². The summed E-state index contributed by atoms with van der Waals surface area (Å²) >= 11 is 0. The maximum atomic E-state index is 13.2. The quantitative estimate of drug-likeness (QED) is 0.489. The minimum atomic E-state index is -2.32. The van der Waals surface area contributed by atoms with Gasteiger partial charge in [-0.25, -0.2) is 0 Å². The third-order valence-corrected chi connectivity index (χ3v) is 12.7. The highest BCUT2D eigenvalue weighted by Gasteiger charge is 2.72. The Morgan fingerprint density at radius 3 is 2.22 bits per heavy atom. The van der Waals surface area contributed by atoms with Crippen LogP contribution in [-0.2, 0) is 9.13 Å². The molecule has 3 heterocycles. The molecule has 0 radical (unpaired) electrons. The van der Waals surface area contributed by atoms with Crippen LogP contribution in [-0.4, -0.2) is 30.3 Å². The zero-order valence-electron chi connectivity index (χ0n) is 12.0. The molecule has 0 spiro atoms. The standard InChI is InChI=1S/C14H22O2P2/c1-8-7-17(5,15)13-11-9(2)10(3)12(14(8,13)4)18(11,6)16/h7,11-13H,1-6H3. The minimum absolute atomic E-state index is 0.0667. The van der Waals surface area contributed by atoms with Crippen molar-refractivity contribution in [1.29, 1.82) is 0 Å². The monoisotopic (exact) mass is 284 g/mol. The molecule has 3 rings (SSSR count). The van der Waals surface area contributed by atoms with Crippen LogP contribution in [0.15, 0.2) is 22.5 Å². The number of hydrogen-bond donors (Lipinski definition) is 0. The van der Waals surface area contributed by atoms with Crippen LogP contribution in [0.5, 0.6) is 0 Å². The lowest BCUT2D eigenvalue weighted by atomic mass is 9.69. The van der Waals surface area contributed by atoms with E-state index in [9.17, 15) is 9.13 Å². The van der Waals surface area contributed by atoms with E-state index in [-0.39, 0.29) is 22.4 Å². The molecule has 2 nitrogen and oxygen atoms in total. The van der Waals surface area contributed by atoms with Gasteiger partial charge in [0.05, 0.1) is 7.14 Å². The Morgan fingerprint density at radius 1 is 1.11 bits per heavy atom. The number of rotatable bonds is 0. The second kappa shape index (κ2) is 3.15. The van der Waals surface area contributed by atoms with Crippen molar-refractivity contribution < 1.29 is 9.13 Å². The molecule has 0 aromatic heterocycles. The molecule has 100 valence electrons. The summed E-state index contributed by atoms with van der Waals surface area (Å²) < 4.78 is 26.2. The average Bonchev–Trinajstić information content (AvgIpc) is 2.57. The van der Waals surface area contributed by atoms with Crippen LogP contribution in [0.25, 0.3) is 0 Å². The highest BCUT2D eigenvalue weighted by molar-refractivity contribution is 7.72. The van der Waals surface area contributed by atoms with Gasteiger partial charge in [-0.05, 0) is 39.9 Å². The van der Waals surface area contributed by atoms with E-state index < -0.39 is 14.3 Å². The van der Waals surface area contributed by atoms with Crippen molar-refractivity contribution in [2.24, 2.45) is 5.41 Å². The van der Waals surface area contributed by atoms with Gasteiger partial charge in [0.15, 0.2) is 0 Å². The van der Waals surface area contributed by atoms with E-state index >= 15 is 0 Å². The predicted octanol–water partition coefficient (Wildman–Crippen LogP) is 4.37. The molecule has 6 atom stereocenters. The van der Waals surface area contributed by atoms with Crippen LogP contribution in [0.4, 0.5) is 0 Å². The molecule has 4 heteroatoms. The number of hydrogen-bond acceptors (Lipinski definition) is 2. The Labute approximate surface area is 110 Å². The fourth-order valence-electron chi connectivity index (χ4n) is 5.23. The van der Waals surface area contributed by atoms with Crippen molar-refractivity contribution >= 4 is 14.3 Å². The molecule has 0 aliphatic carbocycles. The molecule has 2 bridgehead atoms. The summed E-state index contributed by atoms with van der Waals surface area (Å²) in [6.07, 6.45) is 0. The first-order valence-corrected chi connectivity index (χ1v) is 11.2. The molecular weight excluding hydrogens is 262 g/mol. The Bertz CT molecular complexity index is 613. The first kappa shape index (κ1) is 12.9. The van der Waals surface area contributed by atoms with Crippen molar-refractivity contribution in [2.45, 2.75) is 44.7 Å². The zero-order chi connectivity index (χ0) is 13.7. The Kier molecular flexibility index (Phi) is 2.27. The van der Waals surface area contributed by atoms with Gasteiger partial charge in [-0.3, -0.25) is 0 Å². The van der Waals surface area contributed by atoms with Gasteiger partial charge in [0, 0.05) is 22.4 Å². The minimum Gasteiger partial charge on any atom is -0.323 e. The maximum Gasteiger partial charge on any atom is 0.110 e. The van der Waals surface area contributed by atoms with Gasteiger partial charge in [0.1, 0.15) is 7.14 Å². The van der Waals surface area contributed by atoms with E-state index in [1.165, 1.54) is 16.7 Å². The van der Waals surface area contributed by atoms with Crippen molar-refractivity contribution in [2.75, 3.05) is 13.3 Å². The van der Waals surface area contributed by atoms with Gasteiger partial charge in [-0.1, -0.05) is 23.6 Å². The van der Waals surface area contributed by atoms with Gasteiger partial charge in [-0.15, -0.1) is 0 Å². The summed E-state index contributed by atoms with van der Waals surface area (Å²) in [6, 6.07) is 0. The topological polar surface area (TPSA) is 34.1 Å². The van der Waals surface area contributed by atoms with Crippen LogP contribution in [0, 0.1) is 5.41 Å². The molecule has 18 heavy (non-hydrogen) atoms. The van der Waals surface area contributed by atoms with Crippen LogP contribution in [0.3, 0.4) is 0 Å². The van der Waals surface area contributed by atoms with E-state index in [0.29, 0.717) is 0 Å². The first-order valence-electron chi connectivity index (χ1n) is 6.57. The Morgan fingerprint density at radius 2 is 1.67 bits per heavy atom. The van der Waals surface area contributed by atoms with E-state index in [1.807, 2.05) is 19.1 Å². The molecule has 1 fully saturated rings.